The highest BCUT2D eigenvalue weighted by molar-refractivity contribution is 5.76. The minimum atomic E-state index is -0.301. The van der Waals surface area contributed by atoms with E-state index in [9.17, 15) is 9.18 Å². The van der Waals surface area contributed by atoms with Crippen LogP contribution in [0.2, 0.25) is 0 Å². The van der Waals surface area contributed by atoms with Crippen molar-refractivity contribution in [2.24, 2.45) is 0 Å². The lowest BCUT2D eigenvalue weighted by Crippen LogP contribution is -2.28. The second-order valence-corrected chi connectivity index (χ2v) is 5.92. The lowest BCUT2D eigenvalue weighted by atomic mass is 10.2. The minimum Gasteiger partial charge on any atom is -0.492 e. The van der Waals surface area contributed by atoms with E-state index in [-0.39, 0.29) is 11.7 Å². The third-order valence-corrected chi connectivity index (χ3v) is 3.96. The molecule has 1 amide bonds. The highest BCUT2D eigenvalue weighted by Crippen LogP contribution is 2.18. The predicted molar refractivity (Wildman–Crippen MR) is 99.5 cm³/mol. The van der Waals surface area contributed by atoms with Gasteiger partial charge in [0.15, 0.2) is 0 Å². The van der Waals surface area contributed by atoms with Crippen molar-refractivity contribution in [3.8, 4) is 17.0 Å². The molecule has 0 aliphatic rings. The topological polar surface area (TPSA) is 54.1 Å². The standard InChI is InChI=1S/C21H21FN2O2/c22-17-6-10-19(11-7-17)26-15-14-23-21(25)13-9-18-8-12-20(24-18)16-4-2-1-3-5-16/h1-8,10-12,24H,9,13-15H2,(H,23,25). The number of aromatic amines is 1. The fourth-order valence-corrected chi connectivity index (χ4v) is 2.60. The van der Waals surface area contributed by atoms with Gasteiger partial charge in [-0.15, -0.1) is 0 Å². The summed E-state index contributed by atoms with van der Waals surface area (Å²) in [5.41, 5.74) is 3.21. The summed E-state index contributed by atoms with van der Waals surface area (Å²) in [7, 11) is 0. The molecule has 3 rings (SSSR count). The van der Waals surface area contributed by atoms with Crippen LogP contribution in [0.25, 0.3) is 11.3 Å². The Kier molecular flexibility index (Phi) is 6.04. The average molecular weight is 352 g/mol. The third kappa shape index (κ3) is 5.21. The van der Waals surface area contributed by atoms with Crippen LogP contribution in [0.15, 0.2) is 66.7 Å². The number of carbonyl (C=O) groups is 1. The molecule has 1 aromatic heterocycles. The van der Waals surface area contributed by atoms with Crippen molar-refractivity contribution < 1.29 is 13.9 Å². The fourth-order valence-electron chi connectivity index (χ4n) is 2.60. The van der Waals surface area contributed by atoms with E-state index in [1.165, 1.54) is 12.1 Å². The third-order valence-electron chi connectivity index (χ3n) is 3.96. The Bertz CT molecular complexity index is 829. The maximum Gasteiger partial charge on any atom is 0.220 e. The zero-order valence-corrected chi connectivity index (χ0v) is 14.4. The smallest absolute Gasteiger partial charge is 0.220 e. The van der Waals surface area contributed by atoms with E-state index in [4.69, 9.17) is 4.74 Å². The summed E-state index contributed by atoms with van der Waals surface area (Å²) in [6, 6.07) is 19.9. The quantitative estimate of drug-likeness (QED) is 0.603. The summed E-state index contributed by atoms with van der Waals surface area (Å²) in [5, 5.41) is 2.82. The number of amides is 1. The zero-order chi connectivity index (χ0) is 18.2. The summed E-state index contributed by atoms with van der Waals surface area (Å²) >= 11 is 0. The van der Waals surface area contributed by atoms with Crippen molar-refractivity contribution >= 4 is 5.91 Å². The van der Waals surface area contributed by atoms with E-state index >= 15 is 0 Å². The van der Waals surface area contributed by atoms with Crippen LogP contribution in [0.1, 0.15) is 12.1 Å². The number of H-pyrrole nitrogens is 1. The maximum atomic E-state index is 12.8. The molecular formula is C21H21FN2O2. The molecule has 0 aliphatic heterocycles. The van der Waals surface area contributed by atoms with Crippen molar-refractivity contribution in [3.05, 3.63) is 78.2 Å². The molecule has 0 saturated carbocycles. The predicted octanol–water partition coefficient (Wildman–Crippen LogP) is 3.95. The Morgan fingerprint density at radius 1 is 1.00 bits per heavy atom. The Morgan fingerprint density at radius 3 is 2.54 bits per heavy atom. The molecule has 2 aromatic carbocycles. The monoisotopic (exact) mass is 352 g/mol. The number of aromatic nitrogens is 1. The number of carbonyl (C=O) groups excluding carboxylic acids is 1. The van der Waals surface area contributed by atoms with Gasteiger partial charge >= 0.3 is 0 Å². The molecule has 1 heterocycles. The van der Waals surface area contributed by atoms with Gasteiger partial charge in [0.05, 0.1) is 6.54 Å². The van der Waals surface area contributed by atoms with E-state index in [1.54, 1.807) is 12.1 Å². The molecule has 0 fully saturated rings. The van der Waals surface area contributed by atoms with E-state index < -0.39 is 0 Å². The molecule has 0 radical (unpaired) electrons. The van der Waals surface area contributed by atoms with Crippen molar-refractivity contribution in [2.75, 3.05) is 13.2 Å². The Balaban J connectivity index is 1.36. The molecule has 26 heavy (non-hydrogen) atoms. The fraction of sp³-hybridized carbons (Fsp3) is 0.190. The van der Waals surface area contributed by atoms with Gasteiger partial charge in [0, 0.05) is 17.8 Å². The number of nitrogens with one attached hydrogen (secondary N) is 2. The Labute approximate surface area is 152 Å². The second-order valence-electron chi connectivity index (χ2n) is 5.92. The molecule has 5 heteroatoms. The van der Waals surface area contributed by atoms with Crippen molar-refractivity contribution in [1.82, 2.24) is 10.3 Å². The van der Waals surface area contributed by atoms with E-state index in [2.05, 4.69) is 10.3 Å². The number of benzene rings is 2. The van der Waals surface area contributed by atoms with Crippen LogP contribution in [0.5, 0.6) is 5.75 Å². The minimum absolute atomic E-state index is 0.0245. The number of rotatable bonds is 8. The van der Waals surface area contributed by atoms with Crippen molar-refractivity contribution in [2.45, 2.75) is 12.8 Å². The SMILES string of the molecule is O=C(CCc1ccc(-c2ccccc2)[nH]1)NCCOc1ccc(F)cc1. The van der Waals surface area contributed by atoms with Crippen LogP contribution < -0.4 is 10.1 Å². The van der Waals surface area contributed by atoms with Crippen LogP contribution in [-0.2, 0) is 11.2 Å². The summed E-state index contributed by atoms with van der Waals surface area (Å²) in [4.78, 5) is 15.3. The molecule has 0 saturated heterocycles. The lowest BCUT2D eigenvalue weighted by molar-refractivity contribution is -0.121. The molecule has 0 atom stereocenters. The van der Waals surface area contributed by atoms with Crippen molar-refractivity contribution in [3.63, 3.8) is 0 Å². The first-order chi connectivity index (χ1) is 12.7. The van der Waals surface area contributed by atoms with E-state index in [1.807, 2.05) is 42.5 Å². The van der Waals surface area contributed by atoms with Crippen LogP contribution in [-0.4, -0.2) is 24.0 Å². The van der Waals surface area contributed by atoms with Gasteiger partial charge in [-0.25, -0.2) is 4.39 Å². The molecule has 0 bridgehead atoms. The molecule has 0 unspecified atom stereocenters. The normalized spacial score (nSPS) is 10.5. The summed E-state index contributed by atoms with van der Waals surface area (Å²) in [5.74, 6) is 0.259. The Hall–Kier alpha value is -3.08. The maximum absolute atomic E-state index is 12.8. The molecule has 3 aromatic rings. The first kappa shape index (κ1) is 17.7. The Morgan fingerprint density at radius 2 is 1.77 bits per heavy atom. The number of hydrogen-bond donors (Lipinski definition) is 2. The summed E-state index contributed by atoms with van der Waals surface area (Å²) in [6.45, 7) is 0.758. The summed E-state index contributed by atoms with van der Waals surface area (Å²) in [6.07, 6.45) is 1.06. The molecule has 4 nitrogen and oxygen atoms in total. The number of ether oxygens (including phenoxy) is 1. The van der Waals surface area contributed by atoms with Gasteiger partial charge in [-0.1, -0.05) is 30.3 Å². The molecule has 134 valence electrons. The molecule has 0 spiro atoms. The van der Waals surface area contributed by atoms with Gasteiger partial charge in [0.1, 0.15) is 18.2 Å². The van der Waals surface area contributed by atoms with Crippen LogP contribution >= 0.6 is 0 Å². The van der Waals surface area contributed by atoms with Crippen LogP contribution in [0.3, 0.4) is 0 Å². The van der Waals surface area contributed by atoms with Gasteiger partial charge < -0.3 is 15.0 Å². The lowest BCUT2D eigenvalue weighted by Gasteiger charge is -2.07. The first-order valence-electron chi connectivity index (χ1n) is 8.59. The largest absolute Gasteiger partial charge is 0.492 e. The number of halogens is 1. The van der Waals surface area contributed by atoms with Crippen molar-refractivity contribution in [1.29, 1.82) is 0 Å². The van der Waals surface area contributed by atoms with Gasteiger partial charge in [-0.05, 0) is 48.4 Å². The molecule has 2 N–H and O–H groups in total. The highest BCUT2D eigenvalue weighted by atomic mass is 19.1. The highest BCUT2D eigenvalue weighted by Gasteiger charge is 2.05. The number of hydrogen-bond acceptors (Lipinski definition) is 2. The van der Waals surface area contributed by atoms with Gasteiger partial charge in [-0.2, -0.15) is 0 Å². The van der Waals surface area contributed by atoms with Crippen LogP contribution in [0.4, 0.5) is 4.39 Å². The summed E-state index contributed by atoms with van der Waals surface area (Å²) < 4.78 is 18.2. The molecule has 0 aliphatic carbocycles. The van der Waals surface area contributed by atoms with Gasteiger partial charge in [0.25, 0.3) is 0 Å². The van der Waals surface area contributed by atoms with E-state index in [0.717, 1.165) is 17.0 Å². The second kappa shape index (κ2) is 8.85. The first-order valence-corrected chi connectivity index (χ1v) is 8.59. The molecular weight excluding hydrogens is 331 g/mol. The zero-order valence-electron chi connectivity index (χ0n) is 14.4. The van der Waals surface area contributed by atoms with Gasteiger partial charge in [0.2, 0.25) is 5.91 Å². The van der Waals surface area contributed by atoms with Crippen LogP contribution in [0, 0.1) is 5.82 Å². The van der Waals surface area contributed by atoms with E-state index in [0.29, 0.717) is 31.7 Å². The number of aryl methyl sites for hydroxylation is 1. The average Bonchev–Trinajstić information content (AvgIpc) is 3.15. The van der Waals surface area contributed by atoms with Gasteiger partial charge in [-0.3, -0.25) is 4.79 Å².